The van der Waals surface area contributed by atoms with Gasteiger partial charge in [0.1, 0.15) is 28.9 Å². The van der Waals surface area contributed by atoms with E-state index in [-0.39, 0.29) is 23.9 Å². The maximum absolute atomic E-state index is 13.6. The number of nitrogens with two attached hydrogens (primary N) is 1. The fourth-order valence-electron chi connectivity index (χ4n) is 4.78. The van der Waals surface area contributed by atoms with Crippen LogP contribution in [0.25, 0.3) is 0 Å². The van der Waals surface area contributed by atoms with E-state index in [2.05, 4.69) is 6.07 Å². The molecule has 1 unspecified atom stereocenters. The van der Waals surface area contributed by atoms with E-state index in [0.29, 0.717) is 36.6 Å². The summed E-state index contributed by atoms with van der Waals surface area (Å²) in [4.78, 5) is 14.4. The summed E-state index contributed by atoms with van der Waals surface area (Å²) in [6, 6.07) is 7.04. The number of nitrogen functional groups attached to an aromatic ring is 1. The molecule has 4 rings (SSSR count). The van der Waals surface area contributed by atoms with Crippen LogP contribution in [0.5, 0.6) is 0 Å². The Morgan fingerprint density at radius 2 is 2.12 bits per heavy atom. The number of likely N-dealkylation sites (tertiary alicyclic amines) is 1. The molecule has 170 valence electrons. The second kappa shape index (κ2) is 8.45. The van der Waals surface area contributed by atoms with Crippen LogP contribution >= 0.6 is 0 Å². The summed E-state index contributed by atoms with van der Waals surface area (Å²) in [7, 11) is 0. The van der Waals surface area contributed by atoms with E-state index in [1.807, 2.05) is 26.8 Å². The summed E-state index contributed by atoms with van der Waals surface area (Å²) in [5.41, 5.74) is 8.98. The van der Waals surface area contributed by atoms with Crippen LogP contribution in [-0.2, 0) is 24.1 Å². The van der Waals surface area contributed by atoms with Gasteiger partial charge in [0, 0.05) is 12.5 Å². The molecule has 2 heterocycles. The van der Waals surface area contributed by atoms with Crippen molar-refractivity contribution < 1.29 is 13.9 Å². The van der Waals surface area contributed by atoms with Gasteiger partial charge in [-0.1, -0.05) is 6.07 Å². The van der Waals surface area contributed by atoms with Gasteiger partial charge in [0.05, 0.1) is 18.3 Å². The van der Waals surface area contributed by atoms with E-state index in [4.69, 9.17) is 15.6 Å². The van der Waals surface area contributed by atoms with Gasteiger partial charge in [0.15, 0.2) is 0 Å². The van der Waals surface area contributed by atoms with Crippen LogP contribution < -0.4 is 5.73 Å². The molecule has 2 aliphatic rings. The fourth-order valence-corrected chi connectivity index (χ4v) is 4.78. The zero-order chi connectivity index (χ0) is 23.0. The van der Waals surface area contributed by atoms with Crippen molar-refractivity contribution in [3.05, 3.63) is 46.4 Å². The van der Waals surface area contributed by atoms with Crippen molar-refractivity contribution in [3.63, 3.8) is 0 Å². The summed E-state index contributed by atoms with van der Waals surface area (Å²) in [6.45, 7) is 6.61. The van der Waals surface area contributed by atoms with Gasteiger partial charge in [-0.15, -0.1) is 0 Å². The van der Waals surface area contributed by atoms with E-state index >= 15 is 0 Å². The molecule has 2 atom stereocenters. The van der Waals surface area contributed by atoms with Gasteiger partial charge in [-0.05, 0) is 76.1 Å². The molecule has 0 bridgehead atoms. The highest BCUT2D eigenvalue weighted by Crippen LogP contribution is 2.36. The van der Waals surface area contributed by atoms with Gasteiger partial charge < -0.3 is 15.4 Å². The molecular formula is C24H30FN5O2. The predicted molar refractivity (Wildman–Crippen MR) is 118 cm³/mol. The lowest BCUT2D eigenvalue weighted by Gasteiger charge is -2.28. The molecule has 0 saturated carbocycles. The average molecular weight is 440 g/mol. The van der Waals surface area contributed by atoms with Crippen LogP contribution in [0, 0.1) is 17.1 Å². The maximum Gasteiger partial charge on any atom is 0.410 e. The Hall–Kier alpha value is -3.08. The second-order valence-corrected chi connectivity index (χ2v) is 9.76. The van der Waals surface area contributed by atoms with Crippen molar-refractivity contribution in [1.29, 1.82) is 5.26 Å². The Bertz CT molecular complexity index is 1070. The lowest BCUT2D eigenvalue weighted by molar-refractivity contribution is 0.0212. The van der Waals surface area contributed by atoms with Crippen molar-refractivity contribution in [3.8, 4) is 6.07 Å². The van der Waals surface area contributed by atoms with Crippen LogP contribution in [0.1, 0.15) is 68.3 Å². The number of fused-ring (bicyclic) bond motifs is 1. The number of rotatable bonds is 3. The predicted octanol–water partition coefficient (Wildman–Crippen LogP) is 4.15. The van der Waals surface area contributed by atoms with Gasteiger partial charge in [-0.2, -0.15) is 10.4 Å². The number of carbonyl (C=O) groups excluding carboxylic acids is 1. The van der Waals surface area contributed by atoms with Crippen molar-refractivity contribution in [2.75, 3.05) is 12.3 Å². The van der Waals surface area contributed by atoms with Crippen LogP contribution in [0.15, 0.2) is 18.2 Å². The molecule has 7 nitrogen and oxygen atoms in total. The molecule has 2 aromatic rings. The third-order valence-electron chi connectivity index (χ3n) is 6.30. The first-order valence-corrected chi connectivity index (χ1v) is 11.2. The molecule has 1 fully saturated rings. The number of benzene rings is 1. The standard InChI is InChI=1S/C24H30FN5O2/c1-24(2,3)32-23(31)29-10-4-5-19(29)14-30-22(27)20(13-26)21(28-30)17-7-6-16-12-18(25)9-8-15(16)11-17/h8-9,12,17,19H,4-7,10-11,14,27H2,1-3H3/t17?,19-/m0/s1. The minimum atomic E-state index is -0.559. The SMILES string of the molecule is CC(C)(C)OC(=O)N1CCC[C@H]1Cn1nc(C2CCc3cc(F)ccc3C2)c(C#N)c1N. The minimum Gasteiger partial charge on any atom is -0.444 e. The van der Waals surface area contributed by atoms with Crippen molar-refractivity contribution in [2.24, 2.45) is 0 Å². The van der Waals surface area contributed by atoms with Crippen molar-refractivity contribution in [2.45, 2.75) is 77.0 Å². The van der Waals surface area contributed by atoms with Gasteiger partial charge in [0.25, 0.3) is 0 Å². The first kappa shape index (κ1) is 22.1. The van der Waals surface area contributed by atoms with Crippen LogP contribution in [0.2, 0.25) is 0 Å². The molecule has 1 aliphatic carbocycles. The molecular weight excluding hydrogens is 409 g/mol. The highest BCUT2D eigenvalue weighted by molar-refractivity contribution is 5.69. The molecule has 1 aromatic heterocycles. The summed E-state index contributed by atoms with van der Waals surface area (Å²) in [6.07, 6.45) is 3.62. The van der Waals surface area contributed by atoms with Crippen molar-refractivity contribution in [1.82, 2.24) is 14.7 Å². The Balaban J connectivity index is 1.55. The van der Waals surface area contributed by atoms with E-state index in [0.717, 1.165) is 36.8 Å². The number of aryl methyl sites for hydroxylation is 1. The van der Waals surface area contributed by atoms with Gasteiger partial charge in [0.2, 0.25) is 0 Å². The quantitative estimate of drug-likeness (QED) is 0.775. The Morgan fingerprint density at radius 3 is 2.84 bits per heavy atom. The molecule has 2 N–H and O–H groups in total. The summed E-state index contributed by atoms with van der Waals surface area (Å²) in [5.74, 6) is 0.166. The smallest absolute Gasteiger partial charge is 0.410 e. The van der Waals surface area contributed by atoms with E-state index in [9.17, 15) is 14.4 Å². The normalized spacial score (nSPS) is 20.7. The lowest BCUT2D eigenvalue weighted by atomic mass is 9.81. The lowest BCUT2D eigenvalue weighted by Crippen LogP contribution is -2.41. The van der Waals surface area contributed by atoms with Gasteiger partial charge in [-0.3, -0.25) is 0 Å². The largest absolute Gasteiger partial charge is 0.444 e. The zero-order valence-corrected chi connectivity index (χ0v) is 18.9. The second-order valence-electron chi connectivity index (χ2n) is 9.76. The Labute approximate surface area is 187 Å². The third-order valence-corrected chi connectivity index (χ3v) is 6.30. The molecule has 0 radical (unpaired) electrons. The Kier molecular flexibility index (Phi) is 5.85. The Morgan fingerprint density at radius 1 is 1.34 bits per heavy atom. The number of amides is 1. The molecule has 0 spiro atoms. The van der Waals surface area contributed by atoms with Crippen LogP contribution in [-0.4, -0.2) is 39.0 Å². The average Bonchev–Trinajstić information content (AvgIpc) is 3.31. The summed E-state index contributed by atoms with van der Waals surface area (Å²) < 4.78 is 20.8. The molecule has 8 heteroatoms. The van der Waals surface area contributed by atoms with Gasteiger partial charge >= 0.3 is 6.09 Å². The number of nitrogens with zero attached hydrogens (tertiary/aromatic N) is 4. The topological polar surface area (TPSA) is 97.2 Å². The number of ether oxygens (including phenoxy) is 1. The number of anilines is 1. The summed E-state index contributed by atoms with van der Waals surface area (Å²) >= 11 is 0. The zero-order valence-electron chi connectivity index (χ0n) is 18.9. The van der Waals surface area contributed by atoms with E-state index in [1.165, 1.54) is 6.07 Å². The fraction of sp³-hybridized carbons (Fsp3) is 0.542. The molecule has 32 heavy (non-hydrogen) atoms. The number of aromatic nitrogens is 2. The van der Waals surface area contributed by atoms with Crippen LogP contribution in [0.3, 0.4) is 0 Å². The molecule has 1 aromatic carbocycles. The summed E-state index contributed by atoms with van der Waals surface area (Å²) in [5, 5.41) is 14.5. The van der Waals surface area contributed by atoms with E-state index < -0.39 is 5.60 Å². The van der Waals surface area contributed by atoms with Crippen molar-refractivity contribution >= 4 is 11.9 Å². The molecule has 1 saturated heterocycles. The van der Waals surface area contributed by atoms with Crippen LogP contribution in [0.4, 0.5) is 15.0 Å². The number of nitriles is 1. The molecule has 1 amide bonds. The first-order valence-electron chi connectivity index (χ1n) is 11.2. The number of hydrogen-bond donors (Lipinski definition) is 1. The highest BCUT2D eigenvalue weighted by Gasteiger charge is 2.34. The minimum absolute atomic E-state index is 0.0525. The number of carbonyl (C=O) groups is 1. The maximum atomic E-state index is 13.6. The monoisotopic (exact) mass is 439 g/mol. The first-order chi connectivity index (χ1) is 15.2. The number of halogens is 1. The molecule has 1 aliphatic heterocycles. The van der Waals surface area contributed by atoms with E-state index in [1.54, 1.807) is 15.6 Å². The van der Waals surface area contributed by atoms with Gasteiger partial charge in [-0.25, -0.2) is 13.9 Å². The number of hydrogen-bond acceptors (Lipinski definition) is 5. The third kappa shape index (κ3) is 4.43. The highest BCUT2D eigenvalue weighted by atomic mass is 19.1.